The molecule has 0 spiro atoms. The van der Waals surface area contributed by atoms with Gasteiger partial charge in [-0.2, -0.15) is 31.0 Å². The van der Waals surface area contributed by atoms with Crippen LogP contribution in [0.25, 0.3) is 0 Å². The minimum absolute atomic E-state index is 0.102. The van der Waals surface area contributed by atoms with Gasteiger partial charge in [0.2, 0.25) is 0 Å². The van der Waals surface area contributed by atoms with Crippen molar-refractivity contribution in [3.63, 3.8) is 0 Å². The number of rotatable bonds is 6. The van der Waals surface area contributed by atoms with Crippen LogP contribution in [0.4, 0.5) is 13.2 Å². The average Bonchev–Trinajstić information content (AvgIpc) is 2.93. The first-order valence-electron chi connectivity index (χ1n) is 4.78. The average molecular weight is 274 g/mol. The molecule has 1 atom stereocenters. The van der Waals surface area contributed by atoms with Gasteiger partial charge in [-0.3, -0.25) is 5.41 Å². The maximum Gasteiger partial charge on any atom is 0.402 e. The highest BCUT2D eigenvalue weighted by atomic mass is 32.2. The monoisotopic (exact) mass is 274 g/mol. The van der Waals surface area contributed by atoms with Crippen LogP contribution in [0.2, 0.25) is 0 Å². The van der Waals surface area contributed by atoms with Crippen molar-refractivity contribution in [2.45, 2.75) is 25.1 Å². The van der Waals surface area contributed by atoms with E-state index in [1.807, 2.05) is 4.72 Å². The van der Waals surface area contributed by atoms with E-state index >= 15 is 0 Å². The zero-order valence-corrected chi connectivity index (χ0v) is 9.53. The molecular formula is C7H13F3N4O2S. The van der Waals surface area contributed by atoms with Gasteiger partial charge in [0.15, 0.2) is 0 Å². The van der Waals surface area contributed by atoms with Crippen LogP contribution in [0.5, 0.6) is 0 Å². The van der Waals surface area contributed by atoms with E-state index in [9.17, 15) is 21.6 Å². The van der Waals surface area contributed by atoms with Gasteiger partial charge in [-0.1, -0.05) is 0 Å². The van der Waals surface area contributed by atoms with Crippen molar-refractivity contribution in [3.8, 4) is 0 Å². The summed E-state index contributed by atoms with van der Waals surface area (Å²) in [5.41, 5.74) is 5.17. The number of hydrogen-bond donors (Lipinski definition) is 4. The van der Waals surface area contributed by atoms with Gasteiger partial charge in [-0.15, -0.1) is 0 Å². The molecule has 100 valence electrons. The predicted octanol–water partition coefficient (Wildman–Crippen LogP) is -0.313. The molecule has 5 N–H and O–H groups in total. The Morgan fingerprint density at radius 3 is 2.35 bits per heavy atom. The van der Waals surface area contributed by atoms with Gasteiger partial charge in [0.05, 0.1) is 6.04 Å². The van der Waals surface area contributed by atoms with E-state index in [0.717, 1.165) is 0 Å². The summed E-state index contributed by atoms with van der Waals surface area (Å²) in [4.78, 5) is 0. The van der Waals surface area contributed by atoms with E-state index in [2.05, 4.69) is 0 Å². The van der Waals surface area contributed by atoms with Gasteiger partial charge in [-0.25, -0.2) is 0 Å². The summed E-state index contributed by atoms with van der Waals surface area (Å²) < 4.78 is 61.3. The molecule has 10 heteroatoms. The molecule has 1 fully saturated rings. The summed E-state index contributed by atoms with van der Waals surface area (Å²) in [6, 6.07) is -0.930. The van der Waals surface area contributed by atoms with Gasteiger partial charge in [-0.05, 0) is 18.8 Å². The molecule has 0 aromatic heterocycles. The molecule has 1 aliphatic rings. The molecule has 1 unspecified atom stereocenters. The maximum atomic E-state index is 11.8. The van der Waals surface area contributed by atoms with Crippen LogP contribution in [0.15, 0.2) is 0 Å². The molecule has 17 heavy (non-hydrogen) atoms. The molecule has 0 radical (unpaired) electrons. The summed E-state index contributed by atoms with van der Waals surface area (Å²) in [7, 11) is -4.30. The summed E-state index contributed by atoms with van der Waals surface area (Å²) in [6.45, 7) is -1.66. The normalized spacial score (nSPS) is 19.0. The van der Waals surface area contributed by atoms with Crippen molar-refractivity contribution in [2.24, 2.45) is 11.7 Å². The van der Waals surface area contributed by atoms with Crippen molar-refractivity contribution >= 4 is 16.0 Å². The highest BCUT2D eigenvalue weighted by Gasteiger charge is 2.37. The molecular weight excluding hydrogens is 261 g/mol. The largest absolute Gasteiger partial charge is 0.402 e. The quantitative estimate of drug-likeness (QED) is 0.394. The van der Waals surface area contributed by atoms with Gasteiger partial charge < -0.3 is 5.73 Å². The summed E-state index contributed by atoms with van der Waals surface area (Å²) >= 11 is 0. The fourth-order valence-electron chi connectivity index (χ4n) is 1.23. The Kier molecular flexibility index (Phi) is 3.99. The topological polar surface area (TPSA) is 108 Å². The number of alkyl halides is 3. The Morgan fingerprint density at radius 2 is 2.00 bits per heavy atom. The lowest BCUT2D eigenvalue weighted by Crippen LogP contribution is -2.51. The standard InChI is InChI=1S/C7H13F3N4O2S/c8-7(9,10)3-13-17(15,16)14-5(6(11)12)4-1-2-4/h4-5,13-14H,1-3H2,(H3,11,12). The van der Waals surface area contributed by atoms with Crippen molar-refractivity contribution in [3.05, 3.63) is 0 Å². The number of halogens is 3. The van der Waals surface area contributed by atoms with Crippen LogP contribution in [-0.2, 0) is 10.2 Å². The second-order valence-corrected chi connectivity index (χ2v) is 5.36. The Bertz CT molecular complexity index is 390. The molecule has 0 aliphatic heterocycles. The first-order chi connectivity index (χ1) is 7.61. The van der Waals surface area contributed by atoms with Crippen LogP contribution in [0.1, 0.15) is 12.8 Å². The molecule has 1 aliphatic carbocycles. The van der Waals surface area contributed by atoms with Crippen LogP contribution in [0, 0.1) is 11.3 Å². The van der Waals surface area contributed by atoms with Crippen LogP contribution in [-0.4, -0.2) is 33.0 Å². The SMILES string of the molecule is N=C(N)C(NS(=O)(=O)NCC(F)(F)F)C1CC1. The van der Waals surface area contributed by atoms with Gasteiger partial charge in [0.25, 0.3) is 10.2 Å². The van der Waals surface area contributed by atoms with Crippen molar-refractivity contribution in [1.82, 2.24) is 9.44 Å². The van der Waals surface area contributed by atoms with Gasteiger partial charge in [0.1, 0.15) is 12.4 Å². The Morgan fingerprint density at radius 1 is 1.47 bits per heavy atom. The lowest BCUT2D eigenvalue weighted by Gasteiger charge is -2.17. The van der Waals surface area contributed by atoms with Crippen molar-refractivity contribution < 1.29 is 21.6 Å². The molecule has 1 saturated carbocycles. The van der Waals surface area contributed by atoms with Crippen LogP contribution in [0.3, 0.4) is 0 Å². The van der Waals surface area contributed by atoms with E-state index in [-0.39, 0.29) is 5.92 Å². The van der Waals surface area contributed by atoms with Crippen LogP contribution >= 0.6 is 0 Å². The Labute approximate surface area is 96.4 Å². The minimum Gasteiger partial charge on any atom is -0.386 e. The third-order valence-corrected chi connectivity index (χ3v) is 3.26. The smallest absolute Gasteiger partial charge is 0.386 e. The van der Waals surface area contributed by atoms with E-state index in [1.165, 1.54) is 4.72 Å². The minimum atomic E-state index is -4.62. The fourth-order valence-corrected chi connectivity index (χ4v) is 2.32. The zero-order valence-electron chi connectivity index (χ0n) is 8.71. The lowest BCUT2D eigenvalue weighted by molar-refractivity contribution is -0.121. The molecule has 0 aromatic rings. The Balaban J connectivity index is 2.55. The van der Waals surface area contributed by atoms with Crippen molar-refractivity contribution in [1.29, 1.82) is 5.41 Å². The van der Waals surface area contributed by atoms with Crippen molar-refractivity contribution in [2.75, 3.05) is 6.54 Å². The third-order valence-electron chi connectivity index (χ3n) is 2.17. The first-order valence-corrected chi connectivity index (χ1v) is 6.26. The zero-order chi connectivity index (χ0) is 13.3. The molecule has 0 bridgehead atoms. The van der Waals surface area contributed by atoms with E-state index in [0.29, 0.717) is 12.8 Å². The van der Waals surface area contributed by atoms with E-state index in [4.69, 9.17) is 11.1 Å². The number of hydrogen-bond acceptors (Lipinski definition) is 3. The second-order valence-electron chi connectivity index (χ2n) is 3.83. The molecule has 0 amide bonds. The second kappa shape index (κ2) is 4.78. The molecule has 0 heterocycles. The van der Waals surface area contributed by atoms with Gasteiger partial charge in [0, 0.05) is 0 Å². The Hall–Kier alpha value is -0.870. The highest BCUT2D eigenvalue weighted by molar-refractivity contribution is 7.87. The fraction of sp³-hybridized carbons (Fsp3) is 0.857. The van der Waals surface area contributed by atoms with Gasteiger partial charge >= 0.3 is 6.18 Å². The molecule has 0 saturated heterocycles. The molecule has 0 aromatic carbocycles. The molecule has 1 rings (SSSR count). The number of nitrogens with one attached hydrogen (secondary N) is 3. The molecule has 6 nitrogen and oxygen atoms in total. The maximum absolute atomic E-state index is 11.8. The number of nitrogens with two attached hydrogens (primary N) is 1. The van der Waals surface area contributed by atoms with E-state index < -0.39 is 34.8 Å². The summed E-state index contributed by atoms with van der Waals surface area (Å²) in [5, 5.41) is 7.16. The lowest BCUT2D eigenvalue weighted by atomic mass is 10.2. The third kappa shape index (κ3) is 5.33. The first kappa shape index (κ1) is 14.2. The predicted molar refractivity (Wildman–Crippen MR) is 54.5 cm³/mol. The van der Waals surface area contributed by atoms with E-state index in [1.54, 1.807) is 0 Å². The number of amidine groups is 1. The summed E-state index contributed by atoms with van der Waals surface area (Å²) in [6.07, 6.45) is -3.22. The highest BCUT2D eigenvalue weighted by Crippen LogP contribution is 2.32. The van der Waals surface area contributed by atoms with Crippen LogP contribution < -0.4 is 15.2 Å². The summed E-state index contributed by atoms with van der Waals surface area (Å²) in [5.74, 6) is -0.500.